The number of hydrogen-bond donors (Lipinski definition) is 0. The second kappa shape index (κ2) is 20.7. The monoisotopic (exact) mass is 1040 g/mol. The molecule has 0 fully saturated rings. The Morgan fingerprint density at radius 2 is 0.610 bits per heavy atom. The Balaban J connectivity index is 1.06. The van der Waals surface area contributed by atoms with Crippen LogP contribution in [0.5, 0.6) is 0 Å². The van der Waals surface area contributed by atoms with E-state index in [1.54, 1.807) is 0 Å². The molecule has 0 aliphatic heterocycles. The quantitative estimate of drug-likeness (QED) is 0.0839. The molecule has 0 N–H and O–H groups in total. The maximum absolute atomic E-state index is 2.46. The summed E-state index contributed by atoms with van der Waals surface area (Å²) in [4.78, 5) is 7.34. The van der Waals surface area contributed by atoms with E-state index >= 15 is 0 Å². The van der Waals surface area contributed by atoms with Gasteiger partial charge in [0.05, 0.1) is 16.1 Å². The summed E-state index contributed by atoms with van der Waals surface area (Å²) in [7, 11) is -3.02. The summed E-state index contributed by atoms with van der Waals surface area (Å²) in [6.07, 6.45) is 0. The minimum atomic E-state index is -1.51. The first-order valence-electron chi connectivity index (χ1n) is 26.8. The van der Waals surface area contributed by atoms with Gasteiger partial charge in [0.25, 0.3) is 0 Å². The normalized spacial score (nSPS) is 11.8. The van der Waals surface area contributed by atoms with Crippen molar-refractivity contribution in [2.75, 3.05) is 9.80 Å². The third kappa shape index (κ3) is 10.0. The second-order valence-electron chi connectivity index (χ2n) is 22.2. The van der Waals surface area contributed by atoms with Crippen LogP contribution in [-0.4, -0.2) is 16.1 Å². The molecule has 0 saturated heterocycles. The van der Waals surface area contributed by atoms with Crippen molar-refractivity contribution in [1.82, 2.24) is 0 Å². The van der Waals surface area contributed by atoms with Crippen molar-refractivity contribution >= 4 is 93.5 Å². The molecule has 5 heteroatoms. The van der Waals surface area contributed by atoms with E-state index in [4.69, 9.17) is 0 Å². The lowest BCUT2D eigenvalue weighted by Gasteiger charge is -2.28. The summed E-state index contributed by atoms with van der Waals surface area (Å²) in [5.74, 6) is 0. The smallest absolute Gasteiger partial charge is 0.0775 e. The summed E-state index contributed by atoms with van der Waals surface area (Å²) in [5, 5.41) is 7.74. The molecule has 0 amide bonds. The van der Waals surface area contributed by atoms with Gasteiger partial charge in [-0.15, -0.1) is 11.3 Å². The van der Waals surface area contributed by atoms with E-state index in [1.165, 1.54) is 86.2 Å². The van der Waals surface area contributed by atoms with Gasteiger partial charge in [0.15, 0.2) is 0 Å². The first kappa shape index (κ1) is 49.5. The van der Waals surface area contributed by atoms with Gasteiger partial charge in [0.2, 0.25) is 0 Å². The zero-order valence-corrected chi connectivity index (χ0v) is 47.5. The van der Waals surface area contributed by atoms with Crippen LogP contribution in [0.3, 0.4) is 0 Å². The maximum atomic E-state index is 2.46. The summed E-state index contributed by atoms with van der Waals surface area (Å²) in [6.45, 7) is 14.5. The molecule has 12 rings (SSSR count). The first-order valence-corrected chi connectivity index (χ1v) is 34.6. The van der Waals surface area contributed by atoms with Crippen molar-refractivity contribution in [3.05, 3.63) is 267 Å². The average Bonchev–Trinajstić information content (AvgIpc) is 4.05. The van der Waals surface area contributed by atoms with Crippen LogP contribution in [0.2, 0.25) is 39.3 Å². The van der Waals surface area contributed by atoms with Crippen LogP contribution < -0.4 is 20.2 Å². The highest BCUT2D eigenvalue weighted by Gasteiger charge is 2.23. The largest absolute Gasteiger partial charge is 0.310 e. The lowest BCUT2D eigenvalue weighted by molar-refractivity contribution is 1.28. The molecule has 0 bridgehead atoms. The van der Waals surface area contributed by atoms with Gasteiger partial charge >= 0.3 is 0 Å². The molecule has 12 aromatic rings. The Hall–Kier alpha value is -8.33. The van der Waals surface area contributed by atoms with Crippen molar-refractivity contribution in [2.24, 2.45) is 0 Å². The van der Waals surface area contributed by atoms with E-state index < -0.39 is 16.1 Å². The zero-order valence-electron chi connectivity index (χ0n) is 44.7. The van der Waals surface area contributed by atoms with Gasteiger partial charge in [-0.2, -0.15) is 0 Å². The third-order valence-electron chi connectivity index (χ3n) is 15.0. The summed E-state index contributed by atoms with van der Waals surface area (Å²) < 4.78 is 0. The molecule has 2 nitrogen and oxygen atoms in total. The maximum Gasteiger partial charge on any atom is 0.0775 e. The lowest BCUT2D eigenvalue weighted by atomic mass is 9.84. The number of fused-ring (bicyclic) bond motifs is 2. The number of thiophene rings is 1. The van der Waals surface area contributed by atoms with E-state index in [9.17, 15) is 0 Å². The minimum Gasteiger partial charge on any atom is -0.310 e. The molecule has 1 aromatic heterocycles. The highest BCUT2D eigenvalue weighted by molar-refractivity contribution is 7.18. The number of benzene rings is 11. The fraction of sp³-hybridized carbons (Fsp3) is 0.0833. The summed E-state index contributed by atoms with van der Waals surface area (Å²) in [5.41, 5.74) is 16.3. The summed E-state index contributed by atoms with van der Waals surface area (Å²) in [6, 6.07) is 99.2. The van der Waals surface area contributed by atoms with E-state index in [1.807, 2.05) is 11.3 Å². The minimum absolute atomic E-state index is 1.11. The number of hydrogen-bond acceptors (Lipinski definition) is 3. The Bertz CT molecular complexity index is 4040. The Labute approximate surface area is 460 Å². The first-order chi connectivity index (χ1) is 37.4. The number of para-hydroxylation sites is 2. The van der Waals surface area contributed by atoms with Gasteiger partial charge in [-0.1, -0.05) is 220 Å². The van der Waals surface area contributed by atoms with Crippen LogP contribution in [0.4, 0.5) is 34.1 Å². The molecule has 11 aromatic carbocycles. The molecular weight excluding hydrogens is 981 g/mol. The molecule has 0 atom stereocenters. The van der Waals surface area contributed by atoms with Gasteiger partial charge in [-0.3, -0.25) is 0 Å². The van der Waals surface area contributed by atoms with Gasteiger partial charge in [0, 0.05) is 43.9 Å². The van der Waals surface area contributed by atoms with Crippen LogP contribution in [0, 0.1) is 0 Å². The third-order valence-corrected chi connectivity index (χ3v) is 20.3. The average molecular weight is 1040 g/mol. The number of nitrogens with zero attached hydrogens (tertiary/aromatic N) is 2. The molecule has 0 aliphatic rings. The molecule has 0 radical (unpaired) electrons. The van der Waals surface area contributed by atoms with Gasteiger partial charge in [-0.05, 0) is 163 Å². The second-order valence-corrected chi connectivity index (χ2v) is 33.4. The number of rotatable bonds is 13. The number of anilines is 6. The van der Waals surface area contributed by atoms with Crippen LogP contribution in [-0.2, 0) is 0 Å². The van der Waals surface area contributed by atoms with E-state index in [0.29, 0.717) is 0 Å². The molecule has 1 heterocycles. The summed E-state index contributed by atoms with van der Waals surface area (Å²) >= 11 is 1.85. The zero-order chi connectivity index (χ0) is 52.7. The predicted molar refractivity (Wildman–Crippen MR) is 342 cm³/mol. The van der Waals surface area contributed by atoms with Gasteiger partial charge in [0.1, 0.15) is 0 Å². The molecule has 0 aliphatic carbocycles. The molecule has 0 unspecified atom stereocenters. The van der Waals surface area contributed by atoms with Crippen molar-refractivity contribution < 1.29 is 0 Å². The van der Waals surface area contributed by atoms with Crippen molar-refractivity contribution in [3.63, 3.8) is 0 Å². The predicted octanol–water partition coefficient (Wildman–Crippen LogP) is 20.4. The highest BCUT2D eigenvalue weighted by atomic mass is 32.1. The Morgan fingerprint density at radius 3 is 1.12 bits per heavy atom. The Morgan fingerprint density at radius 1 is 0.247 bits per heavy atom. The molecule has 77 heavy (non-hydrogen) atoms. The van der Waals surface area contributed by atoms with E-state index in [-0.39, 0.29) is 0 Å². The Kier molecular flexibility index (Phi) is 13.3. The van der Waals surface area contributed by atoms with Gasteiger partial charge < -0.3 is 9.80 Å². The highest BCUT2D eigenvalue weighted by Crippen LogP contribution is 2.48. The van der Waals surface area contributed by atoms with E-state index in [2.05, 4.69) is 316 Å². The topological polar surface area (TPSA) is 6.48 Å². The lowest BCUT2D eigenvalue weighted by Crippen LogP contribution is -2.37. The molecule has 0 spiro atoms. The molecule has 374 valence electrons. The molecule has 0 saturated carbocycles. The fourth-order valence-electron chi connectivity index (χ4n) is 11.0. The SMILES string of the molecule is C[Si](C)(C)c1ccc(N(c2ccccc2)c2cccc(-c3c4ccccc4c(-c4cccc(N(c5ccccc5)c5ccc([Si](C)(C)C)cc5)c4)c4cc(-c5cccc(-c6ccc(-c7ccccc7)s6)c5)ccc34)c2)cc1. The van der Waals surface area contributed by atoms with Crippen LogP contribution in [0.15, 0.2) is 267 Å². The van der Waals surface area contributed by atoms with Crippen LogP contribution >= 0.6 is 11.3 Å². The standard InChI is InChI=1S/C72H62N2SSi2/c1-76(2,3)63-40-36-59(37-41-63)73(57-27-12-8-13-28-57)61-31-19-25-55(48-61)71-65-33-16-17-34-66(65)72(56-26-20-32-62(49-56)74(58-29-14-9-15-30-58)60-38-42-64(43-39-60)77(4,5)6)68-50-53(35-44-67(68)71)52-23-18-24-54(47-52)70-46-45-69(75-70)51-21-10-7-11-22-51/h7-50H,1-6H3. The molecular formula is C72H62N2SSi2. The van der Waals surface area contributed by atoms with Crippen molar-refractivity contribution in [1.29, 1.82) is 0 Å². The van der Waals surface area contributed by atoms with Crippen LogP contribution in [0.1, 0.15) is 0 Å². The van der Waals surface area contributed by atoms with Crippen molar-refractivity contribution in [2.45, 2.75) is 39.3 Å². The van der Waals surface area contributed by atoms with Gasteiger partial charge in [-0.25, -0.2) is 0 Å². The van der Waals surface area contributed by atoms with Crippen LogP contribution in [0.25, 0.3) is 75.8 Å². The van der Waals surface area contributed by atoms with E-state index in [0.717, 1.165) is 34.1 Å². The fourth-order valence-corrected chi connectivity index (χ4v) is 14.3. The van der Waals surface area contributed by atoms with Crippen molar-refractivity contribution in [3.8, 4) is 54.3 Å².